The third kappa shape index (κ3) is 3.76. The third-order valence-electron chi connectivity index (χ3n) is 3.92. The number of hydrogen-bond donors (Lipinski definition) is 2. The summed E-state index contributed by atoms with van der Waals surface area (Å²) in [5, 5.41) is 13.3. The summed E-state index contributed by atoms with van der Waals surface area (Å²) in [5.41, 5.74) is 0.763. The predicted octanol–water partition coefficient (Wildman–Crippen LogP) is 2.73. The van der Waals surface area contributed by atoms with E-state index in [9.17, 15) is 9.50 Å². The normalized spacial score (nSPS) is 20.6. The zero-order valence-corrected chi connectivity index (χ0v) is 12.9. The molecule has 1 aromatic carbocycles. The molecule has 1 atom stereocenters. The molecule has 2 N–H and O–H groups in total. The minimum atomic E-state index is -0.261. The number of piperazine rings is 1. The first-order valence-electron chi connectivity index (χ1n) is 6.69. The van der Waals surface area contributed by atoms with E-state index in [1.807, 2.05) is 0 Å². The van der Waals surface area contributed by atoms with Crippen LogP contribution in [0.25, 0.3) is 0 Å². The van der Waals surface area contributed by atoms with Crippen LogP contribution in [-0.2, 0) is 0 Å². The summed E-state index contributed by atoms with van der Waals surface area (Å²) in [6.07, 6.45) is 2.37. The molecule has 6 heteroatoms. The SMILES string of the molecule is Cl.Cl.Oc1ccc(F)cc1[C@@H](C1CC1)N1CCNCC1. The monoisotopic (exact) mass is 322 g/mol. The molecule has 3 rings (SSSR count). The molecule has 114 valence electrons. The first-order chi connectivity index (χ1) is 8.75. The lowest BCUT2D eigenvalue weighted by Gasteiger charge is -2.35. The quantitative estimate of drug-likeness (QED) is 0.898. The minimum Gasteiger partial charge on any atom is -0.508 e. The number of nitrogens with one attached hydrogen (secondary N) is 1. The largest absolute Gasteiger partial charge is 0.508 e. The zero-order chi connectivity index (χ0) is 12.5. The molecule has 1 aliphatic heterocycles. The van der Waals surface area contributed by atoms with Gasteiger partial charge in [-0.15, -0.1) is 24.8 Å². The van der Waals surface area contributed by atoms with Crippen LogP contribution in [0.15, 0.2) is 18.2 Å². The van der Waals surface area contributed by atoms with E-state index in [1.54, 1.807) is 0 Å². The van der Waals surface area contributed by atoms with E-state index in [0.717, 1.165) is 31.7 Å². The number of phenolic OH excluding ortho intramolecular Hbond substituents is 1. The maximum Gasteiger partial charge on any atom is 0.123 e. The molecule has 1 aliphatic carbocycles. The Hall–Kier alpha value is -0.550. The van der Waals surface area contributed by atoms with Gasteiger partial charge in [0.25, 0.3) is 0 Å². The summed E-state index contributed by atoms with van der Waals surface area (Å²) in [5.74, 6) is 0.547. The maximum absolute atomic E-state index is 13.4. The summed E-state index contributed by atoms with van der Waals surface area (Å²) < 4.78 is 13.4. The number of rotatable bonds is 3. The minimum absolute atomic E-state index is 0. The van der Waals surface area contributed by atoms with Gasteiger partial charge in [0.15, 0.2) is 0 Å². The lowest BCUT2D eigenvalue weighted by Crippen LogP contribution is -2.45. The molecule has 1 saturated heterocycles. The second-order valence-electron chi connectivity index (χ2n) is 5.27. The second kappa shape index (κ2) is 7.46. The van der Waals surface area contributed by atoms with Crippen molar-refractivity contribution >= 4 is 24.8 Å². The van der Waals surface area contributed by atoms with E-state index in [0.29, 0.717) is 5.92 Å². The lowest BCUT2D eigenvalue weighted by molar-refractivity contribution is 0.153. The van der Waals surface area contributed by atoms with Crippen molar-refractivity contribution < 1.29 is 9.50 Å². The summed E-state index contributed by atoms with van der Waals surface area (Å²) in [7, 11) is 0. The fourth-order valence-corrected chi connectivity index (χ4v) is 2.88. The average Bonchev–Trinajstić information content (AvgIpc) is 3.20. The van der Waals surface area contributed by atoms with Crippen LogP contribution in [0.5, 0.6) is 5.75 Å². The summed E-state index contributed by atoms with van der Waals surface area (Å²) >= 11 is 0. The van der Waals surface area contributed by atoms with Gasteiger partial charge in [-0.3, -0.25) is 4.90 Å². The van der Waals surface area contributed by atoms with Crippen LogP contribution in [0.3, 0.4) is 0 Å². The molecule has 20 heavy (non-hydrogen) atoms. The van der Waals surface area contributed by atoms with Crippen molar-refractivity contribution in [1.82, 2.24) is 10.2 Å². The summed E-state index contributed by atoms with van der Waals surface area (Å²) in [6, 6.07) is 4.48. The molecule has 0 radical (unpaired) electrons. The molecule has 1 heterocycles. The number of benzene rings is 1. The fourth-order valence-electron chi connectivity index (χ4n) is 2.88. The first-order valence-corrected chi connectivity index (χ1v) is 6.69. The van der Waals surface area contributed by atoms with E-state index in [4.69, 9.17) is 0 Å². The molecule has 0 amide bonds. The zero-order valence-electron chi connectivity index (χ0n) is 11.2. The molecule has 0 bridgehead atoms. The van der Waals surface area contributed by atoms with Gasteiger partial charge in [-0.05, 0) is 37.0 Å². The van der Waals surface area contributed by atoms with Gasteiger partial charge in [-0.25, -0.2) is 4.39 Å². The van der Waals surface area contributed by atoms with Gasteiger partial charge in [0.05, 0.1) is 0 Å². The van der Waals surface area contributed by atoms with Crippen molar-refractivity contribution in [2.75, 3.05) is 26.2 Å². The van der Waals surface area contributed by atoms with Gasteiger partial charge in [0.1, 0.15) is 11.6 Å². The maximum atomic E-state index is 13.4. The third-order valence-corrected chi connectivity index (χ3v) is 3.92. The highest BCUT2D eigenvalue weighted by Crippen LogP contribution is 2.46. The molecule has 2 aliphatic rings. The van der Waals surface area contributed by atoms with Gasteiger partial charge >= 0.3 is 0 Å². The van der Waals surface area contributed by atoms with Crippen molar-refractivity contribution in [3.63, 3.8) is 0 Å². The first kappa shape index (κ1) is 17.5. The Labute approximate surface area is 131 Å². The Bertz CT molecular complexity index is 437. The highest BCUT2D eigenvalue weighted by molar-refractivity contribution is 5.85. The fraction of sp³-hybridized carbons (Fsp3) is 0.571. The van der Waals surface area contributed by atoms with E-state index in [2.05, 4.69) is 10.2 Å². The smallest absolute Gasteiger partial charge is 0.123 e. The molecule has 0 aromatic heterocycles. The lowest BCUT2D eigenvalue weighted by atomic mass is 9.98. The predicted molar refractivity (Wildman–Crippen MR) is 82.5 cm³/mol. The van der Waals surface area contributed by atoms with Gasteiger partial charge in [-0.1, -0.05) is 0 Å². The van der Waals surface area contributed by atoms with Crippen LogP contribution >= 0.6 is 24.8 Å². The number of hydrogen-bond acceptors (Lipinski definition) is 3. The standard InChI is InChI=1S/C14H19FN2O.2ClH/c15-11-3-4-13(18)12(9-11)14(10-1-2-10)17-7-5-16-6-8-17;;/h3-4,9-10,14,16,18H,1-2,5-8H2;2*1H/t14-;;/m1../s1. The molecule has 1 aromatic rings. The molecule has 2 fully saturated rings. The van der Waals surface area contributed by atoms with Crippen LogP contribution in [0, 0.1) is 11.7 Å². The van der Waals surface area contributed by atoms with Crippen molar-refractivity contribution in [2.45, 2.75) is 18.9 Å². The Morgan fingerprint density at radius 2 is 1.85 bits per heavy atom. The Balaban J connectivity index is 0.000001000. The molecule has 0 unspecified atom stereocenters. The van der Waals surface area contributed by atoms with Crippen LogP contribution in [0.2, 0.25) is 0 Å². The highest BCUT2D eigenvalue weighted by Gasteiger charge is 2.38. The van der Waals surface area contributed by atoms with Crippen LogP contribution in [-0.4, -0.2) is 36.2 Å². The number of aromatic hydroxyl groups is 1. The van der Waals surface area contributed by atoms with Crippen molar-refractivity contribution in [3.05, 3.63) is 29.6 Å². The van der Waals surface area contributed by atoms with Crippen LogP contribution in [0.1, 0.15) is 24.4 Å². The molecule has 1 saturated carbocycles. The Morgan fingerprint density at radius 1 is 1.20 bits per heavy atom. The highest BCUT2D eigenvalue weighted by atomic mass is 35.5. The topological polar surface area (TPSA) is 35.5 Å². The Morgan fingerprint density at radius 3 is 2.45 bits per heavy atom. The van der Waals surface area contributed by atoms with Crippen LogP contribution in [0.4, 0.5) is 4.39 Å². The average molecular weight is 323 g/mol. The summed E-state index contributed by atoms with van der Waals surface area (Å²) in [6.45, 7) is 3.88. The molecule has 3 nitrogen and oxygen atoms in total. The van der Waals surface area contributed by atoms with Gasteiger partial charge in [0, 0.05) is 37.8 Å². The van der Waals surface area contributed by atoms with Crippen molar-refractivity contribution in [1.29, 1.82) is 0 Å². The molecular weight excluding hydrogens is 302 g/mol. The number of phenols is 1. The van der Waals surface area contributed by atoms with E-state index < -0.39 is 0 Å². The van der Waals surface area contributed by atoms with Crippen molar-refractivity contribution in [3.8, 4) is 5.75 Å². The van der Waals surface area contributed by atoms with E-state index in [1.165, 1.54) is 31.0 Å². The Kier molecular flexibility index (Phi) is 6.52. The van der Waals surface area contributed by atoms with E-state index >= 15 is 0 Å². The molecule has 0 spiro atoms. The second-order valence-corrected chi connectivity index (χ2v) is 5.27. The van der Waals surface area contributed by atoms with Crippen LogP contribution < -0.4 is 5.32 Å². The number of halogens is 3. The number of nitrogens with zero attached hydrogens (tertiary/aromatic N) is 1. The molecular formula is C14H21Cl2FN2O. The van der Waals surface area contributed by atoms with Gasteiger partial charge in [0.2, 0.25) is 0 Å². The van der Waals surface area contributed by atoms with E-state index in [-0.39, 0.29) is 42.4 Å². The van der Waals surface area contributed by atoms with Gasteiger partial charge < -0.3 is 10.4 Å². The summed E-state index contributed by atoms with van der Waals surface area (Å²) in [4.78, 5) is 2.38. The van der Waals surface area contributed by atoms with Gasteiger partial charge in [-0.2, -0.15) is 0 Å². The van der Waals surface area contributed by atoms with Crippen molar-refractivity contribution in [2.24, 2.45) is 5.92 Å².